The first-order valence-corrected chi connectivity index (χ1v) is 10.3. The van der Waals surface area contributed by atoms with Crippen molar-refractivity contribution in [2.75, 3.05) is 5.32 Å². The summed E-state index contributed by atoms with van der Waals surface area (Å²) >= 11 is 3.82. The zero-order valence-electron chi connectivity index (χ0n) is 13.6. The second-order valence-corrected chi connectivity index (χ2v) is 8.26. The van der Waals surface area contributed by atoms with Gasteiger partial charge in [-0.25, -0.2) is 4.98 Å². The molecule has 3 amide bonds. The van der Waals surface area contributed by atoms with Gasteiger partial charge in [-0.15, -0.1) is 22.7 Å². The summed E-state index contributed by atoms with van der Waals surface area (Å²) in [6, 6.07) is 10.7. The molecule has 3 aromatic rings. The highest BCUT2D eigenvalue weighted by Gasteiger charge is 2.24. The number of carbonyl (C=O) groups is 3. The predicted octanol–water partition coefficient (Wildman–Crippen LogP) is 4.45. The molecule has 0 unspecified atom stereocenters. The van der Waals surface area contributed by atoms with Crippen LogP contribution in [0, 0.1) is 0 Å². The fourth-order valence-electron chi connectivity index (χ4n) is 2.34. The van der Waals surface area contributed by atoms with Crippen LogP contribution in [-0.4, -0.2) is 22.0 Å². The van der Waals surface area contributed by atoms with Crippen molar-refractivity contribution in [2.45, 2.75) is 0 Å². The molecule has 1 aliphatic heterocycles. The number of hydrogen-bond donors (Lipinski definition) is 2. The van der Waals surface area contributed by atoms with Crippen molar-refractivity contribution in [3.8, 4) is 10.6 Å². The van der Waals surface area contributed by atoms with Gasteiger partial charge in [0.15, 0.2) is 5.13 Å². The molecule has 1 saturated heterocycles. The number of hydrogen-bond acceptors (Lipinski definition) is 7. The van der Waals surface area contributed by atoms with Gasteiger partial charge >= 0.3 is 0 Å². The molecule has 1 fully saturated rings. The van der Waals surface area contributed by atoms with Crippen molar-refractivity contribution in [3.05, 3.63) is 63.2 Å². The van der Waals surface area contributed by atoms with Gasteiger partial charge in [0.1, 0.15) is 0 Å². The zero-order chi connectivity index (χ0) is 18.8. The molecular formula is C18H11N3O3S3. The Hall–Kier alpha value is -2.75. The Labute approximate surface area is 166 Å². The van der Waals surface area contributed by atoms with Gasteiger partial charge in [-0.1, -0.05) is 18.2 Å². The number of nitrogens with zero attached hydrogens (tertiary/aromatic N) is 1. The molecule has 0 aliphatic carbocycles. The summed E-state index contributed by atoms with van der Waals surface area (Å²) in [5, 5.41) is 9.03. The molecule has 0 atom stereocenters. The molecule has 0 spiro atoms. The molecule has 1 aliphatic rings. The van der Waals surface area contributed by atoms with Gasteiger partial charge in [0.25, 0.3) is 17.1 Å². The number of benzene rings is 1. The predicted molar refractivity (Wildman–Crippen MR) is 109 cm³/mol. The summed E-state index contributed by atoms with van der Waals surface area (Å²) in [5.74, 6) is -0.665. The van der Waals surface area contributed by atoms with Crippen LogP contribution in [0.4, 0.5) is 9.93 Å². The Morgan fingerprint density at radius 1 is 1.11 bits per heavy atom. The first kappa shape index (κ1) is 17.7. The molecule has 3 heterocycles. The second kappa shape index (κ2) is 7.47. The third-order valence-electron chi connectivity index (χ3n) is 3.61. The molecule has 134 valence electrons. The average Bonchev–Trinajstić information content (AvgIpc) is 3.38. The van der Waals surface area contributed by atoms with E-state index in [-0.39, 0.29) is 11.1 Å². The number of thiazole rings is 1. The molecular weight excluding hydrogens is 402 g/mol. The van der Waals surface area contributed by atoms with Gasteiger partial charge in [0.05, 0.1) is 15.5 Å². The Kier molecular flexibility index (Phi) is 4.88. The van der Waals surface area contributed by atoms with Crippen LogP contribution in [0.1, 0.15) is 15.9 Å². The number of amides is 3. The van der Waals surface area contributed by atoms with Crippen molar-refractivity contribution in [1.29, 1.82) is 0 Å². The SMILES string of the molecule is O=C1NC(=O)/C(=C/c2ccc(C(=O)Nc3nc(-c4cccs4)cs3)cc2)S1. The van der Waals surface area contributed by atoms with Gasteiger partial charge in [-0.3, -0.25) is 25.0 Å². The van der Waals surface area contributed by atoms with E-state index in [1.54, 1.807) is 41.7 Å². The van der Waals surface area contributed by atoms with Crippen LogP contribution in [-0.2, 0) is 4.79 Å². The van der Waals surface area contributed by atoms with E-state index in [0.29, 0.717) is 15.6 Å². The van der Waals surface area contributed by atoms with Gasteiger partial charge in [-0.2, -0.15) is 0 Å². The Bertz CT molecular complexity index is 1050. The van der Waals surface area contributed by atoms with Crippen molar-refractivity contribution in [3.63, 3.8) is 0 Å². The molecule has 4 rings (SSSR count). The quantitative estimate of drug-likeness (QED) is 0.617. The minimum absolute atomic E-state index is 0.260. The molecule has 2 N–H and O–H groups in total. The summed E-state index contributed by atoms with van der Waals surface area (Å²) in [4.78, 5) is 41.0. The van der Waals surface area contributed by atoms with Gasteiger partial charge in [-0.05, 0) is 47.0 Å². The van der Waals surface area contributed by atoms with Crippen molar-refractivity contribution in [1.82, 2.24) is 10.3 Å². The van der Waals surface area contributed by atoms with Crippen molar-refractivity contribution >= 4 is 62.7 Å². The van der Waals surface area contributed by atoms with E-state index in [0.717, 1.165) is 27.9 Å². The number of aromatic nitrogens is 1. The monoisotopic (exact) mass is 413 g/mol. The molecule has 27 heavy (non-hydrogen) atoms. The minimum Gasteiger partial charge on any atom is -0.298 e. The number of imide groups is 1. The molecule has 9 heteroatoms. The van der Waals surface area contributed by atoms with Crippen LogP contribution < -0.4 is 10.6 Å². The van der Waals surface area contributed by atoms with E-state index in [1.807, 2.05) is 22.9 Å². The van der Waals surface area contributed by atoms with E-state index in [2.05, 4.69) is 15.6 Å². The zero-order valence-corrected chi connectivity index (χ0v) is 16.0. The van der Waals surface area contributed by atoms with Crippen molar-refractivity contribution in [2.24, 2.45) is 0 Å². The largest absolute Gasteiger partial charge is 0.298 e. The van der Waals surface area contributed by atoms with Gasteiger partial charge in [0, 0.05) is 10.9 Å². The number of thioether (sulfide) groups is 1. The lowest BCUT2D eigenvalue weighted by Gasteiger charge is -2.02. The van der Waals surface area contributed by atoms with E-state index < -0.39 is 5.91 Å². The number of anilines is 1. The highest BCUT2D eigenvalue weighted by atomic mass is 32.2. The first-order chi connectivity index (χ1) is 13.1. The topological polar surface area (TPSA) is 88.2 Å². The Morgan fingerprint density at radius 2 is 1.93 bits per heavy atom. The molecule has 0 saturated carbocycles. The summed E-state index contributed by atoms with van der Waals surface area (Å²) < 4.78 is 0. The maximum Gasteiger partial charge on any atom is 0.290 e. The second-order valence-electron chi connectivity index (χ2n) is 5.44. The van der Waals surface area contributed by atoms with E-state index in [4.69, 9.17) is 0 Å². The fourth-order valence-corrected chi connectivity index (χ4v) is 4.49. The summed E-state index contributed by atoms with van der Waals surface area (Å²) in [6.07, 6.45) is 1.61. The third kappa shape index (κ3) is 4.00. The smallest absolute Gasteiger partial charge is 0.290 e. The highest BCUT2D eigenvalue weighted by molar-refractivity contribution is 8.18. The summed E-state index contributed by atoms with van der Waals surface area (Å²) in [6.45, 7) is 0. The van der Waals surface area contributed by atoms with Crippen LogP contribution in [0.3, 0.4) is 0 Å². The fraction of sp³-hybridized carbons (Fsp3) is 0. The van der Waals surface area contributed by atoms with Gasteiger partial charge < -0.3 is 0 Å². The van der Waals surface area contributed by atoms with E-state index in [9.17, 15) is 14.4 Å². The van der Waals surface area contributed by atoms with Gasteiger partial charge in [0.2, 0.25) is 0 Å². The lowest BCUT2D eigenvalue weighted by atomic mass is 10.1. The van der Waals surface area contributed by atoms with Crippen LogP contribution >= 0.6 is 34.4 Å². The molecule has 1 aromatic carbocycles. The lowest BCUT2D eigenvalue weighted by Crippen LogP contribution is -2.17. The van der Waals surface area contributed by atoms with Crippen LogP contribution in [0.2, 0.25) is 0 Å². The lowest BCUT2D eigenvalue weighted by molar-refractivity contribution is -0.115. The van der Waals surface area contributed by atoms with E-state index >= 15 is 0 Å². The number of carbonyl (C=O) groups excluding carboxylic acids is 3. The summed E-state index contributed by atoms with van der Waals surface area (Å²) in [7, 11) is 0. The van der Waals surface area contributed by atoms with Crippen LogP contribution in [0.15, 0.2) is 52.1 Å². The third-order valence-corrected chi connectivity index (χ3v) is 6.07. The highest BCUT2D eigenvalue weighted by Crippen LogP contribution is 2.29. The maximum atomic E-state index is 12.4. The standard InChI is InChI=1S/C18H11N3O3S3/c22-15(20-17-19-12(9-26-17)13-2-1-7-25-13)11-5-3-10(4-6-11)8-14-16(23)21-18(24)27-14/h1-9H,(H,19,20,22)(H,21,23,24)/b14-8-. The molecule has 0 bridgehead atoms. The maximum absolute atomic E-state index is 12.4. The van der Waals surface area contributed by atoms with Crippen molar-refractivity contribution < 1.29 is 14.4 Å². The Balaban J connectivity index is 1.44. The molecule has 0 radical (unpaired) electrons. The van der Waals surface area contributed by atoms with E-state index in [1.165, 1.54) is 11.3 Å². The number of thiophene rings is 1. The summed E-state index contributed by atoms with van der Waals surface area (Å²) in [5.41, 5.74) is 2.05. The number of rotatable bonds is 4. The first-order valence-electron chi connectivity index (χ1n) is 7.74. The average molecular weight is 414 g/mol. The normalized spacial score (nSPS) is 15.2. The molecule has 2 aromatic heterocycles. The Morgan fingerprint density at radius 3 is 2.59 bits per heavy atom. The molecule has 6 nitrogen and oxygen atoms in total. The van der Waals surface area contributed by atoms with Crippen LogP contribution in [0.25, 0.3) is 16.6 Å². The van der Waals surface area contributed by atoms with Crippen LogP contribution in [0.5, 0.6) is 0 Å². The minimum atomic E-state index is -0.405. The number of nitrogens with one attached hydrogen (secondary N) is 2.